The van der Waals surface area contributed by atoms with Crippen molar-refractivity contribution in [2.75, 3.05) is 26.8 Å². The predicted molar refractivity (Wildman–Crippen MR) is 55.2 cm³/mol. The minimum atomic E-state index is -0.0440. The summed E-state index contributed by atoms with van der Waals surface area (Å²) in [6.45, 7) is 1.43. The average Bonchev–Trinajstić information content (AvgIpc) is 3.04. The molecule has 0 spiro atoms. The van der Waals surface area contributed by atoms with Gasteiger partial charge in [-0.1, -0.05) is 0 Å². The number of carbonyl (C=O) groups excluding carboxylic acids is 2. The van der Waals surface area contributed by atoms with Crippen molar-refractivity contribution in [3.63, 3.8) is 0 Å². The van der Waals surface area contributed by atoms with E-state index in [0.29, 0.717) is 26.1 Å². The molecule has 1 saturated carbocycles. The fourth-order valence-corrected chi connectivity index (χ4v) is 1.16. The van der Waals surface area contributed by atoms with E-state index in [1.165, 1.54) is 0 Å². The summed E-state index contributed by atoms with van der Waals surface area (Å²) < 4.78 is 4.77. The van der Waals surface area contributed by atoms with Crippen LogP contribution < -0.4 is 10.6 Å². The molecule has 5 heteroatoms. The van der Waals surface area contributed by atoms with Crippen molar-refractivity contribution in [2.24, 2.45) is 5.92 Å². The largest absolute Gasteiger partial charge is 0.384 e. The van der Waals surface area contributed by atoms with Gasteiger partial charge in [0.05, 0.1) is 6.61 Å². The molecule has 5 nitrogen and oxygen atoms in total. The first-order chi connectivity index (χ1) is 7.24. The van der Waals surface area contributed by atoms with Crippen LogP contribution in [-0.2, 0) is 14.3 Å². The van der Waals surface area contributed by atoms with Crippen molar-refractivity contribution in [2.45, 2.75) is 19.3 Å². The fourth-order valence-electron chi connectivity index (χ4n) is 1.16. The lowest BCUT2D eigenvalue weighted by Crippen LogP contribution is -2.35. The molecule has 0 radical (unpaired) electrons. The maximum absolute atomic E-state index is 11.2. The Hall–Kier alpha value is -1.10. The zero-order valence-corrected chi connectivity index (χ0v) is 9.04. The summed E-state index contributed by atoms with van der Waals surface area (Å²) in [6, 6.07) is 0. The first kappa shape index (κ1) is 12.0. The van der Waals surface area contributed by atoms with Gasteiger partial charge < -0.3 is 15.4 Å². The Bertz CT molecular complexity index is 227. The summed E-state index contributed by atoms with van der Waals surface area (Å²) in [6.07, 6.45) is 2.38. The molecule has 0 aromatic heterocycles. The average molecular weight is 214 g/mol. The second kappa shape index (κ2) is 6.40. The van der Waals surface area contributed by atoms with Gasteiger partial charge in [-0.25, -0.2) is 0 Å². The zero-order valence-electron chi connectivity index (χ0n) is 9.04. The van der Waals surface area contributed by atoms with Crippen molar-refractivity contribution in [1.29, 1.82) is 0 Å². The van der Waals surface area contributed by atoms with Gasteiger partial charge in [-0.2, -0.15) is 0 Å². The molecular formula is C10H18N2O3. The molecule has 1 fully saturated rings. The fraction of sp³-hybridized carbons (Fsp3) is 0.800. The Morgan fingerprint density at radius 1 is 1.27 bits per heavy atom. The number of methoxy groups -OCH3 is 1. The van der Waals surface area contributed by atoms with Crippen LogP contribution in [0.1, 0.15) is 19.3 Å². The van der Waals surface area contributed by atoms with Crippen LogP contribution in [-0.4, -0.2) is 38.6 Å². The number of ether oxygens (including phenoxy) is 1. The Morgan fingerprint density at radius 3 is 2.53 bits per heavy atom. The SMILES string of the molecule is COCCC(=O)NCCNC(=O)C1CC1. The number of amides is 2. The van der Waals surface area contributed by atoms with E-state index in [9.17, 15) is 9.59 Å². The highest BCUT2D eigenvalue weighted by molar-refractivity contribution is 5.81. The van der Waals surface area contributed by atoms with Crippen molar-refractivity contribution in [1.82, 2.24) is 10.6 Å². The highest BCUT2D eigenvalue weighted by atomic mass is 16.5. The number of rotatable bonds is 7. The van der Waals surface area contributed by atoms with Crippen molar-refractivity contribution < 1.29 is 14.3 Å². The lowest BCUT2D eigenvalue weighted by atomic mass is 10.4. The summed E-state index contributed by atoms with van der Waals surface area (Å²) in [7, 11) is 1.56. The van der Waals surface area contributed by atoms with E-state index in [2.05, 4.69) is 10.6 Å². The topological polar surface area (TPSA) is 67.4 Å². The maximum Gasteiger partial charge on any atom is 0.223 e. The predicted octanol–water partition coefficient (Wildman–Crippen LogP) is -0.335. The highest BCUT2D eigenvalue weighted by Gasteiger charge is 2.28. The molecule has 0 saturated heterocycles. The highest BCUT2D eigenvalue weighted by Crippen LogP contribution is 2.28. The van der Waals surface area contributed by atoms with Gasteiger partial charge in [-0.3, -0.25) is 9.59 Å². The number of nitrogens with one attached hydrogen (secondary N) is 2. The lowest BCUT2D eigenvalue weighted by Gasteiger charge is -2.06. The summed E-state index contributed by atoms with van der Waals surface area (Å²) >= 11 is 0. The van der Waals surface area contributed by atoms with E-state index in [1.807, 2.05) is 0 Å². The van der Waals surface area contributed by atoms with E-state index in [1.54, 1.807) is 7.11 Å². The van der Waals surface area contributed by atoms with E-state index >= 15 is 0 Å². The van der Waals surface area contributed by atoms with Gasteiger partial charge in [-0.05, 0) is 12.8 Å². The smallest absolute Gasteiger partial charge is 0.223 e. The minimum absolute atomic E-state index is 0.0440. The molecule has 0 aromatic rings. The number of hydrogen-bond acceptors (Lipinski definition) is 3. The van der Waals surface area contributed by atoms with Gasteiger partial charge in [0.25, 0.3) is 0 Å². The van der Waals surface area contributed by atoms with Crippen molar-refractivity contribution >= 4 is 11.8 Å². The first-order valence-electron chi connectivity index (χ1n) is 5.27. The summed E-state index contributed by atoms with van der Waals surface area (Å²) in [5.41, 5.74) is 0. The van der Waals surface area contributed by atoms with E-state index < -0.39 is 0 Å². The molecule has 86 valence electrons. The number of hydrogen-bond donors (Lipinski definition) is 2. The molecule has 15 heavy (non-hydrogen) atoms. The summed E-state index contributed by atoms with van der Waals surface area (Å²) in [5.74, 6) is 0.299. The van der Waals surface area contributed by atoms with Crippen LogP contribution >= 0.6 is 0 Å². The zero-order chi connectivity index (χ0) is 11.1. The molecule has 1 rings (SSSR count). The van der Waals surface area contributed by atoms with Gasteiger partial charge in [-0.15, -0.1) is 0 Å². The third-order valence-corrected chi connectivity index (χ3v) is 2.23. The van der Waals surface area contributed by atoms with Crippen molar-refractivity contribution in [3.05, 3.63) is 0 Å². The molecule has 2 amide bonds. The number of carbonyl (C=O) groups is 2. The molecule has 1 aliphatic carbocycles. The van der Waals surface area contributed by atoms with Gasteiger partial charge in [0, 0.05) is 32.5 Å². The van der Waals surface area contributed by atoms with E-state index in [4.69, 9.17) is 4.74 Å². The monoisotopic (exact) mass is 214 g/mol. The molecule has 0 unspecified atom stereocenters. The van der Waals surface area contributed by atoms with E-state index in [0.717, 1.165) is 12.8 Å². The van der Waals surface area contributed by atoms with Gasteiger partial charge in [0.1, 0.15) is 0 Å². The second-order valence-corrected chi connectivity index (χ2v) is 3.66. The van der Waals surface area contributed by atoms with Crippen LogP contribution in [0.5, 0.6) is 0 Å². The molecule has 0 atom stereocenters. The first-order valence-corrected chi connectivity index (χ1v) is 5.27. The Labute approximate surface area is 89.6 Å². The molecule has 0 bridgehead atoms. The third kappa shape index (κ3) is 5.37. The molecular weight excluding hydrogens is 196 g/mol. The normalized spacial score (nSPS) is 14.7. The standard InChI is InChI=1S/C10H18N2O3/c1-15-7-4-9(13)11-5-6-12-10(14)8-2-3-8/h8H,2-7H2,1H3,(H,11,13)(H,12,14). The van der Waals surface area contributed by atoms with Crippen LogP contribution in [0.15, 0.2) is 0 Å². The summed E-state index contributed by atoms with van der Waals surface area (Å²) in [5, 5.41) is 5.47. The van der Waals surface area contributed by atoms with Crippen LogP contribution in [0.2, 0.25) is 0 Å². The summed E-state index contributed by atoms with van der Waals surface area (Å²) in [4.78, 5) is 22.3. The van der Waals surface area contributed by atoms with Crippen LogP contribution in [0.25, 0.3) is 0 Å². The Morgan fingerprint density at radius 2 is 1.93 bits per heavy atom. The molecule has 1 aliphatic rings. The van der Waals surface area contributed by atoms with Crippen molar-refractivity contribution in [3.8, 4) is 0 Å². The Kier molecular flexibility index (Phi) is 5.10. The van der Waals surface area contributed by atoms with E-state index in [-0.39, 0.29) is 17.7 Å². The molecule has 0 aromatic carbocycles. The maximum atomic E-state index is 11.2. The van der Waals surface area contributed by atoms with Gasteiger partial charge in [0.2, 0.25) is 11.8 Å². The van der Waals surface area contributed by atoms with Crippen LogP contribution in [0.3, 0.4) is 0 Å². The third-order valence-electron chi connectivity index (χ3n) is 2.23. The van der Waals surface area contributed by atoms with Gasteiger partial charge >= 0.3 is 0 Å². The quantitative estimate of drug-likeness (QED) is 0.570. The second-order valence-electron chi connectivity index (χ2n) is 3.66. The van der Waals surface area contributed by atoms with Gasteiger partial charge in [0.15, 0.2) is 0 Å². The molecule has 2 N–H and O–H groups in total. The van der Waals surface area contributed by atoms with Crippen LogP contribution in [0.4, 0.5) is 0 Å². The minimum Gasteiger partial charge on any atom is -0.384 e. The molecule has 0 aliphatic heterocycles. The molecule has 0 heterocycles. The van der Waals surface area contributed by atoms with Crippen LogP contribution in [0, 0.1) is 5.92 Å². The lowest BCUT2D eigenvalue weighted by molar-refractivity contribution is -0.123. The Balaban J connectivity index is 1.91.